The average Bonchev–Trinajstić information content (AvgIpc) is 2.62. The normalized spacial score (nSPS) is 17.2. The topological polar surface area (TPSA) is 75.2 Å². The quantitative estimate of drug-likeness (QED) is 0.868. The van der Waals surface area contributed by atoms with Gasteiger partial charge in [-0.15, -0.1) is 5.10 Å². The second kappa shape index (κ2) is 7.42. The van der Waals surface area contributed by atoms with Crippen LogP contribution in [0.2, 0.25) is 0 Å². The van der Waals surface area contributed by atoms with Crippen LogP contribution >= 0.6 is 0 Å². The highest BCUT2D eigenvalue weighted by molar-refractivity contribution is 5.97. The Hall–Kier alpha value is -2.76. The van der Waals surface area contributed by atoms with Crippen LogP contribution in [0.25, 0.3) is 0 Å². The lowest BCUT2D eigenvalue weighted by Gasteiger charge is -2.32. The van der Waals surface area contributed by atoms with Gasteiger partial charge in [0.2, 0.25) is 5.91 Å². The Balaban J connectivity index is 1.66. The number of nitrogens with one attached hydrogen (secondary N) is 1. The molecule has 0 saturated carbocycles. The number of rotatable bonds is 4. The Bertz CT molecular complexity index is 773. The minimum atomic E-state index is -0.113. The van der Waals surface area contributed by atoms with Crippen LogP contribution in [0.5, 0.6) is 0 Å². The Morgan fingerprint density at radius 3 is 2.76 bits per heavy atom. The number of amides is 1. The maximum absolute atomic E-state index is 12.6. The van der Waals surface area contributed by atoms with Crippen molar-refractivity contribution in [2.75, 3.05) is 23.3 Å². The first-order valence-corrected chi connectivity index (χ1v) is 8.50. The number of ketones is 1. The number of nitrogens with zero attached hydrogens (tertiary/aromatic N) is 3. The summed E-state index contributed by atoms with van der Waals surface area (Å²) in [5.74, 6) is 0.655. The smallest absolute Gasteiger partial charge is 0.229 e. The van der Waals surface area contributed by atoms with Gasteiger partial charge in [-0.3, -0.25) is 9.59 Å². The van der Waals surface area contributed by atoms with E-state index in [1.165, 1.54) is 6.92 Å². The van der Waals surface area contributed by atoms with Crippen LogP contribution in [-0.4, -0.2) is 35.0 Å². The summed E-state index contributed by atoms with van der Waals surface area (Å²) in [5.41, 5.74) is 2.13. The lowest BCUT2D eigenvalue weighted by molar-refractivity contribution is -0.120. The Labute approximate surface area is 147 Å². The zero-order chi connectivity index (χ0) is 17.8. The lowest BCUT2D eigenvalue weighted by Crippen LogP contribution is -2.41. The van der Waals surface area contributed by atoms with Crippen LogP contribution in [-0.2, 0) is 4.79 Å². The fourth-order valence-corrected chi connectivity index (χ4v) is 3.02. The molecule has 1 atom stereocenters. The van der Waals surface area contributed by atoms with Gasteiger partial charge in [0.25, 0.3) is 0 Å². The lowest BCUT2D eigenvalue weighted by atomic mass is 9.97. The van der Waals surface area contributed by atoms with Gasteiger partial charge in [-0.2, -0.15) is 5.10 Å². The molecule has 1 N–H and O–H groups in total. The van der Waals surface area contributed by atoms with E-state index in [2.05, 4.69) is 20.4 Å². The van der Waals surface area contributed by atoms with Gasteiger partial charge in [-0.1, -0.05) is 12.1 Å². The molecule has 130 valence electrons. The zero-order valence-electron chi connectivity index (χ0n) is 14.5. The molecule has 0 aliphatic carbocycles. The molecule has 6 heteroatoms. The predicted molar refractivity (Wildman–Crippen MR) is 96.8 cm³/mol. The second-order valence-electron chi connectivity index (χ2n) is 6.44. The van der Waals surface area contributed by atoms with Crippen molar-refractivity contribution in [1.29, 1.82) is 0 Å². The molecular formula is C19H22N4O2. The van der Waals surface area contributed by atoms with Gasteiger partial charge in [0, 0.05) is 24.3 Å². The summed E-state index contributed by atoms with van der Waals surface area (Å²) in [6.07, 6.45) is 1.77. The molecule has 6 nitrogen and oxygen atoms in total. The summed E-state index contributed by atoms with van der Waals surface area (Å²) >= 11 is 0. The highest BCUT2D eigenvalue weighted by Gasteiger charge is 2.26. The molecule has 1 amide bonds. The van der Waals surface area contributed by atoms with Crippen molar-refractivity contribution in [3.63, 3.8) is 0 Å². The van der Waals surface area contributed by atoms with Crippen molar-refractivity contribution in [2.45, 2.75) is 26.7 Å². The monoisotopic (exact) mass is 338 g/mol. The molecule has 1 saturated heterocycles. The van der Waals surface area contributed by atoms with E-state index >= 15 is 0 Å². The van der Waals surface area contributed by atoms with E-state index in [9.17, 15) is 9.59 Å². The number of carbonyl (C=O) groups is 2. The van der Waals surface area contributed by atoms with Gasteiger partial charge in [-0.05, 0) is 51.0 Å². The van der Waals surface area contributed by atoms with Gasteiger partial charge in [0.05, 0.1) is 11.6 Å². The maximum atomic E-state index is 12.6. The summed E-state index contributed by atoms with van der Waals surface area (Å²) in [4.78, 5) is 26.2. The first kappa shape index (κ1) is 17.1. The number of benzene rings is 1. The zero-order valence-corrected chi connectivity index (χ0v) is 14.5. The number of aromatic nitrogens is 2. The SMILES string of the molecule is CC(=O)c1cccc(NC(=O)C2CCCN(c3ccc(C)nn3)C2)c1. The van der Waals surface area contributed by atoms with Crippen molar-refractivity contribution in [3.8, 4) is 0 Å². The summed E-state index contributed by atoms with van der Waals surface area (Å²) in [5, 5.41) is 11.2. The fraction of sp³-hybridized carbons (Fsp3) is 0.368. The molecule has 0 radical (unpaired) electrons. The first-order chi connectivity index (χ1) is 12.0. The Kier molecular flexibility index (Phi) is 5.07. The maximum Gasteiger partial charge on any atom is 0.229 e. The van der Waals surface area contributed by atoms with E-state index in [0.717, 1.165) is 30.9 Å². The van der Waals surface area contributed by atoms with Crippen LogP contribution in [0, 0.1) is 12.8 Å². The third kappa shape index (κ3) is 4.21. The molecule has 1 aliphatic heterocycles. The van der Waals surface area contributed by atoms with E-state index in [4.69, 9.17) is 0 Å². The van der Waals surface area contributed by atoms with Crippen molar-refractivity contribution < 1.29 is 9.59 Å². The molecule has 2 aromatic rings. The summed E-state index contributed by atoms with van der Waals surface area (Å²) in [7, 11) is 0. The van der Waals surface area contributed by atoms with Crippen LogP contribution < -0.4 is 10.2 Å². The van der Waals surface area contributed by atoms with E-state index in [-0.39, 0.29) is 17.6 Å². The van der Waals surface area contributed by atoms with Crippen LogP contribution in [0.4, 0.5) is 11.5 Å². The van der Waals surface area contributed by atoms with E-state index in [0.29, 0.717) is 17.8 Å². The highest BCUT2D eigenvalue weighted by atomic mass is 16.2. The molecule has 1 aromatic carbocycles. The minimum Gasteiger partial charge on any atom is -0.354 e. The van der Waals surface area contributed by atoms with Crippen LogP contribution in [0.15, 0.2) is 36.4 Å². The number of hydrogen-bond donors (Lipinski definition) is 1. The third-order valence-electron chi connectivity index (χ3n) is 4.44. The highest BCUT2D eigenvalue weighted by Crippen LogP contribution is 2.23. The van der Waals surface area contributed by atoms with Crippen LogP contribution in [0.3, 0.4) is 0 Å². The van der Waals surface area contributed by atoms with Crippen molar-refractivity contribution >= 4 is 23.2 Å². The van der Waals surface area contributed by atoms with Gasteiger partial charge in [-0.25, -0.2) is 0 Å². The molecule has 1 aromatic heterocycles. The van der Waals surface area contributed by atoms with Gasteiger partial charge >= 0.3 is 0 Å². The van der Waals surface area contributed by atoms with Crippen molar-refractivity contribution in [3.05, 3.63) is 47.7 Å². The Morgan fingerprint density at radius 1 is 1.20 bits per heavy atom. The molecule has 25 heavy (non-hydrogen) atoms. The van der Waals surface area contributed by atoms with Gasteiger partial charge in [0.1, 0.15) is 0 Å². The van der Waals surface area contributed by atoms with Crippen molar-refractivity contribution in [1.82, 2.24) is 10.2 Å². The molecule has 0 bridgehead atoms. The van der Waals surface area contributed by atoms with E-state index in [1.54, 1.807) is 24.3 Å². The van der Waals surface area contributed by atoms with E-state index < -0.39 is 0 Å². The average molecular weight is 338 g/mol. The molecule has 2 heterocycles. The van der Waals surface area contributed by atoms with Crippen molar-refractivity contribution in [2.24, 2.45) is 5.92 Å². The molecule has 1 unspecified atom stereocenters. The number of hydrogen-bond acceptors (Lipinski definition) is 5. The number of anilines is 2. The fourth-order valence-electron chi connectivity index (χ4n) is 3.02. The van der Waals surface area contributed by atoms with Gasteiger partial charge < -0.3 is 10.2 Å². The molecule has 0 spiro atoms. The summed E-state index contributed by atoms with van der Waals surface area (Å²) in [6, 6.07) is 10.9. The largest absolute Gasteiger partial charge is 0.354 e. The number of Topliss-reactive ketones (excluding diaryl/α,β-unsaturated/α-hetero) is 1. The number of aryl methyl sites for hydroxylation is 1. The molecule has 3 rings (SSSR count). The standard InChI is InChI=1S/C19H22N4O2/c1-13-8-9-18(22-21-13)23-10-4-6-16(12-23)19(25)20-17-7-3-5-15(11-17)14(2)24/h3,5,7-9,11,16H,4,6,10,12H2,1-2H3,(H,20,25). The second-order valence-corrected chi connectivity index (χ2v) is 6.44. The molecular weight excluding hydrogens is 316 g/mol. The van der Waals surface area contributed by atoms with Crippen LogP contribution in [0.1, 0.15) is 35.8 Å². The number of piperidine rings is 1. The minimum absolute atomic E-state index is 0.0158. The summed E-state index contributed by atoms with van der Waals surface area (Å²) < 4.78 is 0. The third-order valence-corrected chi connectivity index (χ3v) is 4.44. The van der Waals surface area contributed by atoms with Gasteiger partial charge in [0.15, 0.2) is 11.6 Å². The molecule has 1 aliphatic rings. The molecule has 1 fully saturated rings. The predicted octanol–water partition coefficient (Wildman–Crippen LogP) is 2.84. The van der Waals surface area contributed by atoms with E-state index in [1.807, 2.05) is 19.1 Å². The number of carbonyl (C=O) groups excluding carboxylic acids is 2. The first-order valence-electron chi connectivity index (χ1n) is 8.50. The summed E-state index contributed by atoms with van der Waals surface area (Å²) in [6.45, 7) is 4.91. The Morgan fingerprint density at radius 2 is 2.04 bits per heavy atom.